The van der Waals surface area contributed by atoms with Crippen LogP contribution < -0.4 is 0 Å². The van der Waals surface area contributed by atoms with Gasteiger partial charge in [0.05, 0.1) is 6.21 Å². The highest BCUT2D eigenvalue weighted by molar-refractivity contribution is 5.82. The van der Waals surface area contributed by atoms with Gasteiger partial charge in [-0.05, 0) is 38.1 Å². The Morgan fingerprint density at radius 3 is 2.55 bits per heavy atom. The number of hydrogen-bond acceptors (Lipinski definition) is 5. The molecule has 2 aromatic heterocycles. The van der Waals surface area contributed by atoms with Crippen molar-refractivity contribution in [2.24, 2.45) is 4.99 Å². The Morgan fingerprint density at radius 2 is 1.82 bits per heavy atom. The van der Waals surface area contributed by atoms with Crippen LogP contribution in [0.15, 0.2) is 51.9 Å². The van der Waals surface area contributed by atoms with Crippen LogP contribution in [0.5, 0.6) is 5.95 Å². The lowest BCUT2D eigenvalue weighted by atomic mass is 10.1. The number of hydrogen-bond donors (Lipinski definition) is 1. The minimum absolute atomic E-state index is 0.257. The van der Waals surface area contributed by atoms with E-state index in [1.165, 1.54) is 6.21 Å². The molecule has 1 N–H and O–H groups in total. The van der Waals surface area contributed by atoms with Crippen LogP contribution in [0.3, 0.4) is 0 Å². The van der Waals surface area contributed by atoms with E-state index in [2.05, 4.69) is 15.0 Å². The number of benzene rings is 1. The molecule has 5 nitrogen and oxygen atoms in total. The molecule has 2 heterocycles. The summed E-state index contributed by atoms with van der Waals surface area (Å²) < 4.78 is 5.29. The lowest BCUT2D eigenvalue weighted by Gasteiger charge is -1.95. The van der Waals surface area contributed by atoms with E-state index in [1.54, 1.807) is 6.07 Å². The van der Waals surface area contributed by atoms with Crippen LogP contribution in [0, 0.1) is 13.8 Å². The van der Waals surface area contributed by atoms with E-state index in [4.69, 9.17) is 4.42 Å². The minimum atomic E-state index is -0.257. The number of rotatable bonds is 3. The van der Waals surface area contributed by atoms with E-state index in [0.717, 1.165) is 16.8 Å². The summed E-state index contributed by atoms with van der Waals surface area (Å²) in [4.78, 5) is 12.7. The van der Waals surface area contributed by atoms with Crippen LogP contribution in [0.4, 0.5) is 5.82 Å². The second kappa shape index (κ2) is 5.81. The van der Waals surface area contributed by atoms with Crippen molar-refractivity contribution in [1.29, 1.82) is 0 Å². The van der Waals surface area contributed by atoms with Gasteiger partial charge in [0.15, 0.2) is 11.5 Å². The molecule has 0 saturated carbocycles. The molecule has 3 rings (SSSR count). The number of aryl methyl sites for hydroxylation is 2. The first-order chi connectivity index (χ1) is 10.6. The molecule has 22 heavy (non-hydrogen) atoms. The zero-order chi connectivity index (χ0) is 15.5. The standard InChI is InChI=1S/C17H15N3O2/c1-11-6-8-13(9-7-11)16-20-14(17(21)22-16)10-18-15-5-3-4-12(2)19-15/h3-10,21H,1-2H3. The number of aromatic nitrogens is 2. The van der Waals surface area contributed by atoms with Crippen molar-refractivity contribution in [2.45, 2.75) is 13.8 Å². The second-order valence-electron chi connectivity index (χ2n) is 4.97. The van der Waals surface area contributed by atoms with Gasteiger partial charge in [-0.2, -0.15) is 0 Å². The Morgan fingerprint density at radius 1 is 1.05 bits per heavy atom. The molecule has 110 valence electrons. The fraction of sp³-hybridized carbons (Fsp3) is 0.118. The van der Waals surface area contributed by atoms with Crippen LogP contribution >= 0.6 is 0 Å². The molecule has 0 saturated heterocycles. The molecule has 0 radical (unpaired) electrons. The van der Waals surface area contributed by atoms with Gasteiger partial charge in [-0.3, -0.25) is 0 Å². The summed E-state index contributed by atoms with van der Waals surface area (Å²) in [5, 5.41) is 9.84. The minimum Gasteiger partial charge on any atom is -0.479 e. The molecule has 0 unspecified atom stereocenters. The molecule has 1 aromatic carbocycles. The highest BCUT2D eigenvalue weighted by Crippen LogP contribution is 2.26. The van der Waals surface area contributed by atoms with Gasteiger partial charge < -0.3 is 9.52 Å². The molecule has 0 aliphatic carbocycles. The maximum atomic E-state index is 9.84. The summed E-state index contributed by atoms with van der Waals surface area (Å²) in [6.45, 7) is 3.89. The van der Waals surface area contributed by atoms with Crippen LogP contribution in [0.25, 0.3) is 11.5 Å². The van der Waals surface area contributed by atoms with Gasteiger partial charge in [-0.15, -0.1) is 0 Å². The van der Waals surface area contributed by atoms with Crippen LogP contribution in [-0.4, -0.2) is 21.3 Å². The third-order valence-corrected chi connectivity index (χ3v) is 3.13. The van der Waals surface area contributed by atoms with Crippen molar-refractivity contribution in [3.05, 3.63) is 59.4 Å². The van der Waals surface area contributed by atoms with E-state index in [-0.39, 0.29) is 11.6 Å². The van der Waals surface area contributed by atoms with Gasteiger partial charge in [0.1, 0.15) is 0 Å². The fourth-order valence-corrected chi connectivity index (χ4v) is 1.96. The normalized spacial score (nSPS) is 11.2. The molecule has 0 aliphatic rings. The first kappa shape index (κ1) is 14.0. The molecule has 5 heteroatoms. The van der Waals surface area contributed by atoms with E-state index in [0.29, 0.717) is 11.7 Å². The van der Waals surface area contributed by atoms with Crippen LogP contribution in [0.1, 0.15) is 17.0 Å². The molecular weight excluding hydrogens is 278 g/mol. The van der Waals surface area contributed by atoms with E-state index in [9.17, 15) is 5.11 Å². The van der Waals surface area contributed by atoms with Gasteiger partial charge in [0.2, 0.25) is 5.89 Å². The average molecular weight is 293 g/mol. The van der Waals surface area contributed by atoms with Crippen molar-refractivity contribution in [1.82, 2.24) is 9.97 Å². The Hall–Kier alpha value is -2.95. The third kappa shape index (κ3) is 3.03. The Bertz CT molecular complexity index is 820. The molecular formula is C17H15N3O2. The molecule has 0 bridgehead atoms. The number of aromatic hydroxyl groups is 1. The fourth-order valence-electron chi connectivity index (χ4n) is 1.96. The number of aliphatic imine (C=N–C) groups is 1. The molecule has 0 amide bonds. The molecule has 0 atom stereocenters. The highest BCUT2D eigenvalue weighted by atomic mass is 16.5. The average Bonchev–Trinajstić information content (AvgIpc) is 2.87. The predicted octanol–water partition coefficient (Wildman–Crippen LogP) is 3.81. The largest absolute Gasteiger partial charge is 0.479 e. The maximum Gasteiger partial charge on any atom is 0.312 e. The summed E-state index contributed by atoms with van der Waals surface area (Å²) in [6.07, 6.45) is 1.44. The van der Waals surface area contributed by atoms with Gasteiger partial charge in [0.25, 0.3) is 0 Å². The molecule has 0 fully saturated rings. The number of pyridine rings is 1. The first-order valence-electron chi connectivity index (χ1n) is 6.86. The van der Waals surface area contributed by atoms with E-state index < -0.39 is 0 Å². The van der Waals surface area contributed by atoms with Crippen LogP contribution in [-0.2, 0) is 0 Å². The SMILES string of the molecule is Cc1ccc(-c2nc(C=Nc3cccc(C)n3)c(O)o2)cc1. The lowest BCUT2D eigenvalue weighted by molar-refractivity contribution is 0.337. The predicted molar refractivity (Wildman–Crippen MR) is 84.6 cm³/mol. The van der Waals surface area contributed by atoms with E-state index in [1.807, 2.05) is 50.2 Å². The summed E-state index contributed by atoms with van der Waals surface area (Å²) in [6, 6.07) is 13.2. The van der Waals surface area contributed by atoms with Gasteiger partial charge in [-0.25, -0.2) is 15.0 Å². The van der Waals surface area contributed by atoms with Gasteiger partial charge in [-0.1, -0.05) is 23.8 Å². The summed E-state index contributed by atoms with van der Waals surface area (Å²) in [5.74, 6) is 0.655. The Kier molecular flexibility index (Phi) is 3.70. The van der Waals surface area contributed by atoms with Crippen molar-refractivity contribution in [3.8, 4) is 17.4 Å². The zero-order valence-corrected chi connectivity index (χ0v) is 12.3. The van der Waals surface area contributed by atoms with E-state index >= 15 is 0 Å². The van der Waals surface area contributed by atoms with Gasteiger partial charge in [0, 0.05) is 11.3 Å². The Labute approximate surface area is 128 Å². The Balaban J connectivity index is 1.88. The second-order valence-corrected chi connectivity index (χ2v) is 4.97. The van der Waals surface area contributed by atoms with Crippen molar-refractivity contribution in [2.75, 3.05) is 0 Å². The van der Waals surface area contributed by atoms with Gasteiger partial charge >= 0.3 is 5.95 Å². The third-order valence-electron chi connectivity index (χ3n) is 3.13. The lowest BCUT2D eigenvalue weighted by Crippen LogP contribution is -1.84. The summed E-state index contributed by atoms with van der Waals surface area (Å²) in [7, 11) is 0. The number of nitrogens with zero attached hydrogens (tertiary/aromatic N) is 3. The smallest absolute Gasteiger partial charge is 0.312 e. The van der Waals surface area contributed by atoms with Crippen molar-refractivity contribution >= 4 is 12.0 Å². The summed E-state index contributed by atoms with van der Waals surface area (Å²) >= 11 is 0. The quantitative estimate of drug-likeness (QED) is 0.745. The van der Waals surface area contributed by atoms with Crippen LogP contribution in [0.2, 0.25) is 0 Å². The molecule has 0 spiro atoms. The highest BCUT2D eigenvalue weighted by Gasteiger charge is 2.12. The number of oxazole rings is 1. The molecule has 0 aliphatic heterocycles. The summed E-state index contributed by atoms with van der Waals surface area (Å²) in [5.41, 5.74) is 3.10. The zero-order valence-electron chi connectivity index (χ0n) is 12.3. The van der Waals surface area contributed by atoms with Crippen molar-refractivity contribution in [3.63, 3.8) is 0 Å². The maximum absolute atomic E-state index is 9.84. The topological polar surface area (TPSA) is 71.5 Å². The first-order valence-corrected chi connectivity index (χ1v) is 6.86. The molecule has 3 aromatic rings. The monoisotopic (exact) mass is 293 g/mol. The van der Waals surface area contributed by atoms with Crippen molar-refractivity contribution < 1.29 is 9.52 Å².